The third kappa shape index (κ3) is 4.54. The summed E-state index contributed by atoms with van der Waals surface area (Å²) in [4.78, 5) is 14.5. The molecule has 3 rings (SSSR count). The Labute approximate surface area is 154 Å². The summed E-state index contributed by atoms with van der Waals surface area (Å²) in [7, 11) is -3.17. The van der Waals surface area contributed by atoms with E-state index in [1.54, 1.807) is 4.90 Å². The number of halogens is 1. The second-order valence-electron chi connectivity index (χ2n) is 6.89. The van der Waals surface area contributed by atoms with Crippen LogP contribution < -0.4 is 5.32 Å². The molecular formula is C18H25ClN2O3S. The van der Waals surface area contributed by atoms with Gasteiger partial charge in [-0.05, 0) is 30.5 Å². The molecule has 5 nitrogen and oxygen atoms in total. The average molecular weight is 385 g/mol. The first-order chi connectivity index (χ1) is 12.0. The third-order valence-electron chi connectivity index (χ3n) is 5.21. The van der Waals surface area contributed by atoms with Crippen molar-refractivity contribution in [3.05, 3.63) is 34.9 Å². The van der Waals surface area contributed by atoms with Crippen molar-refractivity contribution in [3.63, 3.8) is 0 Å². The lowest BCUT2D eigenvalue weighted by atomic mass is 10.0. The van der Waals surface area contributed by atoms with Gasteiger partial charge in [0.25, 0.3) is 0 Å². The molecular weight excluding hydrogens is 360 g/mol. The molecule has 1 unspecified atom stereocenters. The zero-order valence-electron chi connectivity index (χ0n) is 14.3. The van der Waals surface area contributed by atoms with Gasteiger partial charge in [-0.3, -0.25) is 4.79 Å². The molecule has 1 amide bonds. The SMILES string of the molecule is O=C(CCS(=O)(=O)C1CCCC1)N1CCNCC1c1cccc(Cl)c1. The van der Waals surface area contributed by atoms with Crippen LogP contribution in [0.15, 0.2) is 24.3 Å². The topological polar surface area (TPSA) is 66.5 Å². The predicted octanol–water partition coefficient (Wildman–Crippen LogP) is 2.56. The Morgan fingerprint density at radius 3 is 2.76 bits per heavy atom. The highest BCUT2D eigenvalue weighted by molar-refractivity contribution is 7.92. The van der Waals surface area contributed by atoms with E-state index in [2.05, 4.69) is 5.32 Å². The van der Waals surface area contributed by atoms with Crippen molar-refractivity contribution in [1.82, 2.24) is 10.2 Å². The van der Waals surface area contributed by atoms with Gasteiger partial charge < -0.3 is 10.2 Å². The van der Waals surface area contributed by atoms with E-state index in [9.17, 15) is 13.2 Å². The fraction of sp³-hybridized carbons (Fsp3) is 0.611. The minimum absolute atomic E-state index is 0.0390. The molecule has 1 heterocycles. The Hall–Kier alpha value is -1.11. The highest BCUT2D eigenvalue weighted by atomic mass is 35.5. The molecule has 1 aromatic carbocycles. The fourth-order valence-electron chi connectivity index (χ4n) is 3.80. The van der Waals surface area contributed by atoms with Crippen LogP contribution in [-0.4, -0.2) is 49.9 Å². The number of nitrogens with zero attached hydrogens (tertiary/aromatic N) is 1. The molecule has 2 fully saturated rings. The number of nitrogens with one attached hydrogen (secondary N) is 1. The van der Waals surface area contributed by atoms with E-state index in [4.69, 9.17) is 11.6 Å². The zero-order valence-corrected chi connectivity index (χ0v) is 15.9. The van der Waals surface area contributed by atoms with E-state index in [1.807, 2.05) is 24.3 Å². The molecule has 1 aliphatic carbocycles. The Bertz CT molecular complexity index is 717. The van der Waals surface area contributed by atoms with Gasteiger partial charge in [0.15, 0.2) is 9.84 Å². The van der Waals surface area contributed by atoms with Crippen molar-refractivity contribution >= 4 is 27.3 Å². The van der Waals surface area contributed by atoms with Crippen LogP contribution in [0.2, 0.25) is 5.02 Å². The van der Waals surface area contributed by atoms with Gasteiger partial charge in [-0.25, -0.2) is 8.42 Å². The lowest BCUT2D eigenvalue weighted by molar-refractivity contribution is -0.134. The normalized spacial score (nSPS) is 22.3. The predicted molar refractivity (Wildman–Crippen MR) is 99.4 cm³/mol. The van der Waals surface area contributed by atoms with Crippen LogP contribution in [0.25, 0.3) is 0 Å². The number of carbonyl (C=O) groups is 1. The smallest absolute Gasteiger partial charge is 0.224 e. The molecule has 25 heavy (non-hydrogen) atoms. The zero-order chi connectivity index (χ0) is 17.9. The first-order valence-electron chi connectivity index (χ1n) is 8.94. The maximum atomic E-state index is 12.7. The standard InChI is InChI=1S/C18H25ClN2O3S/c19-15-5-3-4-14(12-15)17-13-20-9-10-21(17)18(22)8-11-25(23,24)16-6-1-2-7-16/h3-5,12,16-17,20H,1-2,6-11,13H2. The third-order valence-corrected chi connectivity index (χ3v) is 7.70. The average Bonchev–Trinajstić information content (AvgIpc) is 3.15. The van der Waals surface area contributed by atoms with Gasteiger partial charge in [-0.2, -0.15) is 0 Å². The fourth-order valence-corrected chi connectivity index (χ4v) is 5.84. The van der Waals surface area contributed by atoms with Gasteiger partial charge in [0.1, 0.15) is 0 Å². The van der Waals surface area contributed by atoms with Crippen molar-refractivity contribution in [2.75, 3.05) is 25.4 Å². The maximum Gasteiger partial charge on any atom is 0.224 e. The lowest BCUT2D eigenvalue weighted by Gasteiger charge is -2.36. The van der Waals surface area contributed by atoms with Crippen LogP contribution in [-0.2, 0) is 14.6 Å². The first-order valence-corrected chi connectivity index (χ1v) is 11.0. The molecule has 0 bridgehead atoms. The number of hydrogen-bond donors (Lipinski definition) is 1. The van der Waals surface area contributed by atoms with Crippen molar-refractivity contribution in [3.8, 4) is 0 Å². The summed E-state index contributed by atoms with van der Waals surface area (Å²) < 4.78 is 24.8. The number of carbonyl (C=O) groups excluding carboxylic acids is 1. The number of hydrogen-bond acceptors (Lipinski definition) is 4. The highest BCUT2D eigenvalue weighted by Gasteiger charge is 2.32. The molecule has 1 saturated heterocycles. The molecule has 1 N–H and O–H groups in total. The molecule has 7 heteroatoms. The van der Waals surface area contributed by atoms with E-state index in [-0.39, 0.29) is 29.4 Å². The lowest BCUT2D eigenvalue weighted by Crippen LogP contribution is -2.49. The Morgan fingerprint density at radius 2 is 2.04 bits per heavy atom. The second-order valence-corrected chi connectivity index (χ2v) is 9.72. The van der Waals surface area contributed by atoms with Crippen LogP contribution in [0.5, 0.6) is 0 Å². The molecule has 1 aliphatic heterocycles. The second kappa shape index (κ2) is 8.06. The highest BCUT2D eigenvalue weighted by Crippen LogP contribution is 2.27. The van der Waals surface area contributed by atoms with Crippen LogP contribution in [0.4, 0.5) is 0 Å². The van der Waals surface area contributed by atoms with Gasteiger partial charge in [-0.15, -0.1) is 0 Å². The van der Waals surface area contributed by atoms with Gasteiger partial charge in [0, 0.05) is 31.1 Å². The molecule has 0 radical (unpaired) electrons. The van der Waals surface area contributed by atoms with Gasteiger partial charge in [-0.1, -0.05) is 36.6 Å². The molecule has 0 spiro atoms. The van der Waals surface area contributed by atoms with E-state index < -0.39 is 9.84 Å². The molecule has 1 aromatic rings. The van der Waals surface area contributed by atoms with Crippen molar-refractivity contribution < 1.29 is 13.2 Å². The van der Waals surface area contributed by atoms with Crippen LogP contribution >= 0.6 is 11.6 Å². The van der Waals surface area contributed by atoms with Crippen LogP contribution in [0.3, 0.4) is 0 Å². The summed E-state index contributed by atoms with van der Waals surface area (Å²) in [6.07, 6.45) is 3.51. The minimum Gasteiger partial charge on any atom is -0.333 e. The number of benzene rings is 1. The van der Waals surface area contributed by atoms with E-state index >= 15 is 0 Å². The summed E-state index contributed by atoms with van der Waals surface area (Å²) >= 11 is 6.08. The van der Waals surface area contributed by atoms with Crippen molar-refractivity contribution in [2.45, 2.75) is 43.4 Å². The Kier molecular flexibility index (Phi) is 6.02. The number of piperazine rings is 1. The number of sulfone groups is 1. The minimum atomic E-state index is -3.17. The van der Waals surface area contributed by atoms with Crippen LogP contribution in [0.1, 0.15) is 43.7 Å². The van der Waals surface area contributed by atoms with Crippen molar-refractivity contribution in [2.24, 2.45) is 0 Å². The number of amides is 1. The van der Waals surface area contributed by atoms with Crippen molar-refractivity contribution in [1.29, 1.82) is 0 Å². The summed E-state index contributed by atoms with van der Waals surface area (Å²) in [6, 6.07) is 7.41. The Balaban J connectivity index is 1.66. The summed E-state index contributed by atoms with van der Waals surface area (Å²) in [5, 5.41) is 3.69. The maximum absolute atomic E-state index is 12.7. The van der Waals surface area contributed by atoms with E-state index in [0.29, 0.717) is 18.1 Å². The molecule has 1 saturated carbocycles. The monoisotopic (exact) mass is 384 g/mol. The molecule has 0 aromatic heterocycles. The molecule has 2 aliphatic rings. The summed E-state index contributed by atoms with van der Waals surface area (Å²) in [5.41, 5.74) is 0.978. The summed E-state index contributed by atoms with van der Waals surface area (Å²) in [5.74, 6) is -0.129. The molecule has 1 atom stereocenters. The van der Waals surface area contributed by atoms with E-state index in [1.165, 1.54) is 0 Å². The van der Waals surface area contributed by atoms with Gasteiger partial charge >= 0.3 is 0 Å². The van der Waals surface area contributed by atoms with Gasteiger partial charge in [0.05, 0.1) is 17.0 Å². The first kappa shape index (κ1) is 18.7. The summed E-state index contributed by atoms with van der Waals surface area (Å²) in [6.45, 7) is 1.96. The Morgan fingerprint density at radius 1 is 1.28 bits per heavy atom. The quantitative estimate of drug-likeness (QED) is 0.847. The largest absolute Gasteiger partial charge is 0.333 e. The van der Waals surface area contributed by atoms with Gasteiger partial charge in [0.2, 0.25) is 5.91 Å². The molecule has 138 valence electrons. The van der Waals surface area contributed by atoms with E-state index in [0.717, 1.165) is 37.8 Å². The van der Waals surface area contributed by atoms with Crippen LogP contribution in [0, 0.1) is 0 Å². The number of rotatable bonds is 5.